The van der Waals surface area contributed by atoms with Crippen LogP contribution in [0.5, 0.6) is 0 Å². The average Bonchev–Trinajstić information content (AvgIpc) is 2.50. The van der Waals surface area contributed by atoms with Crippen LogP contribution in [-0.4, -0.2) is 56.7 Å². The SMILES string of the molecule is CCN1C(=O)CC(C)(O)C1(C(=O)OC(C)(C)C)C(=O)OC(C)(C)C. The molecule has 1 N–H and O–H groups in total. The van der Waals surface area contributed by atoms with Gasteiger partial charge < -0.3 is 19.5 Å². The van der Waals surface area contributed by atoms with E-state index in [-0.39, 0.29) is 13.0 Å². The lowest BCUT2D eigenvalue weighted by atomic mass is 9.81. The Morgan fingerprint density at radius 1 is 1.08 bits per heavy atom. The average molecular weight is 343 g/mol. The molecule has 1 fully saturated rings. The minimum atomic E-state index is -2.22. The third kappa shape index (κ3) is 3.55. The van der Waals surface area contributed by atoms with Gasteiger partial charge in [0.2, 0.25) is 5.91 Å². The van der Waals surface area contributed by atoms with Gasteiger partial charge in [-0.25, -0.2) is 9.59 Å². The predicted molar refractivity (Wildman–Crippen MR) is 87.0 cm³/mol. The zero-order valence-electron chi connectivity index (χ0n) is 15.8. The minimum absolute atomic E-state index is 0.0630. The fraction of sp³-hybridized carbons (Fsp3) is 0.824. The highest BCUT2D eigenvalue weighted by Gasteiger charge is 2.71. The van der Waals surface area contributed by atoms with Crippen LogP contribution in [0.1, 0.15) is 61.8 Å². The maximum atomic E-state index is 13.0. The van der Waals surface area contributed by atoms with Crippen LogP contribution < -0.4 is 0 Å². The van der Waals surface area contributed by atoms with Gasteiger partial charge in [0.15, 0.2) is 0 Å². The van der Waals surface area contributed by atoms with E-state index in [2.05, 4.69) is 0 Å². The van der Waals surface area contributed by atoms with Crippen molar-refractivity contribution in [3.05, 3.63) is 0 Å². The van der Waals surface area contributed by atoms with Gasteiger partial charge in [-0.15, -0.1) is 0 Å². The fourth-order valence-corrected chi connectivity index (χ4v) is 2.86. The molecule has 7 heteroatoms. The van der Waals surface area contributed by atoms with E-state index < -0.39 is 40.2 Å². The van der Waals surface area contributed by atoms with Gasteiger partial charge in [-0.1, -0.05) is 0 Å². The van der Waals surface area contributed by atoms with Gasteiger partial charge in [0.05, 0.1) is 6.42 Å². The van der Waals surface area contributed by atoms with Gasteiger partial charge >= 0.3 is 11.9 Å². The second kappa shape index (κ2) is 6.02. The molecular formula is C17H29NO6. The first kappa shape index (κ1) is 20.4. The number of likely N-dealkylation sites (tertiary alicyclic amines) is 1. The van der Waals surface area contributed by atoms with Gasteiger partial charge in [0, 0.05) is 6.54 Å². The Morgan fingerprint density at radius 3 is 1.75 bits per heavy atom. The van der Waals surface area contributed by atoms with Crippen LogP contribution in [0.15, 0.2) is 0 Å². The highest BCUT2D eigenvalue weighted by Crippen LogP contribution is 2.42. The van der Waals surface area contributed by atoms with Crippen molar-refractivity contribution in [3.8, 4) is 0 Å². The fourth-order valence-electron chi connectivity index (χ4n) is 2.86. The maximum Gasteiger partial charge on any atom is 0.347 e. The van der Waals surface area contributed by atoms with Crippen molar-refractivity contribution in [2.75, 3.05) is 6.54 Å². The highest BCUT2D eigenvalue weighted by atomic mass is 16.6. The van der Waals surface area contributed by atoms with Gasteiger partial charge in [0.25, 0.3) is 5.54 Å². The van der Waals surface area contributed by atoms with E-state index in [1.807, 2.05) is 0 Å². The molecule has 138 valence electrons. The molecule has 1 heterocycles. The molecular weight excluding hydrogens is 314 g/mol. The molecule has 0 aliphatic carbocycles. The number of rotatable bonds is 3. The quantitative estimate of drug-likeness (QED) is 0.615. The molecule has 24 heavy (non-hydrogen) atoms. The monoisotopic (exact) mass is 343 g/mol. The van der Waals surface area contributed by atoms with Crippen molar-refractivity contribution in [3.63, 3.8) is 0 Å². The van der Waals surface area contributed by atoms with Crippen LogP contribution >= 0.6 is 0 Å². The van der Waals surface area contributed by atoms with Crippen LogP contribution in [0.2, 0.25) is 0 Å². The van der Waals surface area contributed by atoms with E-state index in [1.165, 1.54) is 6.92 Å². The molecule has 1 amide bonds. The van der Waals surface area contributed by atoms with E-state index in [0.717, 1.165) is 4.90 Å². The Morgan fingerprint density at radius 2 is 1.46 bits per heavy atom. The molecule has 1 saturated heterocycles. The number of carbonyl (C=O) groups excluding carboxylic acids is 3. The van der Waals surface area contributed by atoms with Crippen LogP contribution in [0.4, 0.5) is 0 Å². The summed E-state index contributed by atoms with van der Waals surface area (Å²) in [6, 6.07) is 0. The van der Waals surface area contributed by atoms with E-state index >= 15 is 0 Å². The number of hydrogen-bond acceptors (Lipinski definition) is 6. The number of ether oxygens (including phenoxy) is 2. The molecule has 7 nitrogen and oxygen atoms in total. The molecule has 0 bridgehead atoms. The zero-order valence-corrected chi connectivity index (χ0v) is 15.8. The molecule has 1 unspecified atom stereocenters. The van der Waals surface area contributed by atoms with Gasteiger partial charge in [-0.3, -0.25) is 4.79 Å². The Kier molecular flexibility index (Phi) is 5.12. The summed E-state index contributed by atoms with van der Waals surface area (Å²) in [5.74, 6) is -2.47. The van der Waals surface area contributed by atoms with Gasteiger partial charge in [0.1, 0.15) is 16.8 Å². The molecule has 0 saturated carbocycles. The number of amides is 1. The normalized spacial score (nSPS) is 24.0. The molecule has 0 radical (unpaired) electrons. The Hall–Kier alpha value is -1.63. The second-order valence-electron chi connectivity index (χ2n) is 8.30. The van der Waals surface area contributed by atoms with Crippen molar-refractivity contribution < 1.29 is 29.0 Å². The zero-order chi connectivity index (χ0) is 19.1. The summed E-state index contributed by atoms with van der Waals surface area (Å²) >= 11 is 0. The lowest BCUT2D eigenvalue weighted by Gasteiger charge is -2.42. The van der Waals surface area contributed by atoms with E-state index in [4.69, 9.17) is 9.47 Å². The summed E-state index contributed by atoms with van der Waals surface area (Å²) in [4.78, 5) is 39.3. The topological polar surface area (TPSA) is 93.1 Å². The first-order chi connectivity index (χ1) is 10.6. The first-order valence-electron chi connectivity index (χ1n) is 8.08. The van der Waals surface area contributed by atoms with Crippen LogP contribution in [-0.2, 0) is 23.9 Å². The van der Waals surface area contributed by atoms with Crippen molar-refractivity contribution in [1.29, 1.82) is 0 Å². The molecule has 1 aliphatic rings. The number of esters is 2. The number of aliphatic hydroxyl groups is 1. The standard InChI is InChI=1S/C17H29NO6/c1-9-18-11(19)10-16(8,22)17(18,12(20)23-14(2,3)4)13(21)24-15(5,6)7/h22H,9-10H2,1-8H3. The van der Waals surface area contributed by atoms with Crippen molar-refractivity contribution in [1.82, 2.24) is 4.90 Å². The summed E-state index contributed by atoms with van der Waals surface area (Å²) < 4.78 is 10.8. The Bertz CT molecular complexity index is 510. The molecule has 1 aliphatic heterocycles. The Balaban J connectivity index is 3.54. The van der Waals surface area contributed by atoms with E-state index in [9.17, 15) is 19.5 Å². The number of carbonyl (C=O) groups is 3. The van der Waals surface area contributed by atoms with Crippen LogP contribution in [0.25, 0.3) is 0 Å². The van der Waals surface area contributed by atoms with E-state index in [0.29, 0.717) is 0 Å². The molecule has 0 aromatic heterocycles. The molecule has 0 aromatic rings. The maximum absolute atomic E-state index is 13.0. The summed E-state index contributed by atoms with van der Waals surface area (Å²) in [6.07, 6.45) is -0.362. The Labute approximate surface area is 143 Å². The molecule has 1 rings (SSSR count). The number of likely N-dealkylation sites (N-methyl/N-ethyl adjacent to an activating group) is 1. The number of nitrogens with zero attached hydrogens (tertiary/aromatic N) is 1. The van der Waals surface area contributed by atoms with Crippen LogP contribution in [0.3, 0.4) is 0 Å². The first-order valence-corrected chi connectivity index (χ1v) is 8.08. The summed E-state index contributed by atoms with van der Waals surface area (Å²) in [5.41, 5.74) is -5.95. The van der Waals surface area contributed by atoms with Crippen molar-refractivity contribution in [2.24, 2.45) is 0 Å². The molecule has 0 spiro atoms. The van der Waals surface area contributed by atoms with Gasteiger partial charge in [-0.05, 0) is 55.4 Å². The van der Waals surface area contributed by atoms with Crippen molar-refractivity contribution >= 4 is 17.8 Å². The summed E-state index contributed by atoms with van der Waals surface area (Å²) in [7, 11) is 0. The van der Waals surface area contributed by atoms with Crippen LogP contribution in [0, 0.1) is 0 Å². The lowest BCUT2D eigenvalue weighted by Crippen LogP contribution is -2.69. The smallest absolute Gasteiger partial charge is 0.347 e. The summed E-state index contributed by atoms with van der Waals surface area (Å²) in [5, 5.41) is 10.8. The summed E-state index contributed by atoms with van der Waals surface area (Å²) in [6.45, 7) is 12.9. The highest BCUT2D eigenvalue weighted by molar-refractivity contribution is 6.12. The predicted octanol–water partition coefficient (Wildman–Crippen LogP) is 1.41. The lowest BCUT2D eigenvalue weighted by molar-refractivity contribution is -0.200. The second-order valence-corrected chi connectivity index (χ2v) is 8.30. The third-order valence-corrected chi connectivity index (χ3v) is 3.69. The molecule has 0 aromatic carbocycles. The minimum Gasteiger partial charge on any atom is -0.458 e. The van der Waals surface area contributed by atoms with Crippen molar-refractivity contribution in [2.45, 2.75) is 84.2 Å². The largest absolute Gasteiger partial charge is 0.458 e. The molecule has 1 atom stereocenters. The number of hydrogen-bond donors (Lipinski definition) is 1. The van der Waals surface area contributed by atoms with E-state index in [1.54, 1.807) is 48.5 Å². The van der Waals surface area contributed by atoms with Gasteiger partial charge in [-0.2, -0.15) is 0 Å². The third-order valence-electron chi connectivity index (χ3n) is 3.69.